The number of aromatic nitrogens is 4. The predicted molar refractivity (Wildman–Crippen MR) is 113 cm³/mol. The molecule has 4 aromatic rings. The van der Waals surface area contributed by atoms with Crippen molar-refractivity contribution in [2.45, 2.75) is 26.3 Å². The van der Waals surface area contributed by atoms with Gasteiger partial charge < -0.3 is 19.4 Å². The van der Waals surface area contributed by atoms with E-state index < -0.39 is 0 Å². The number of hydrogen-bond donors (Lipinski definition) is 1. The van der Waals surface area contributed by atoms with Crippen LogP contribution < -0.4 is 14.8 Å². The van der Waals surface area contributed by atoms with Crippen molar-refractivity contribution in [3.8, 4) is 17.4 Å². The lowest BCUT2D eigenvalue weighted by molar-refractivity contribution is 0.408. The number of benzene rings is 2. The van der Waals surface area contributed by atoms with Crippen LogP contribution in [0.4, 0.5) is 16.0 Å². The van der Waals surface area contributed by atoms with Gasteiger partial charge in [-0.2, -0.15) is 9.97 Å². The minimum absolute atomic E-state index is 0.309. The quantitative estimate of drug-likeness (QED) is 0.427. The van der Waals surface area contributed by atoms with Crippen LogP contribution >= 0.6 is 0 Å². The lowest BCUT2D eigenvalue weighted by Gasteiger charge is -2.11. The average Bonchev–Trinajstić information content (AvgIpc) is 3.17. The first-order chi connectivity index (χ1) is 14.7. The summed E-state index contributed by atoms with van der Waals surface area (Å²) in [5, 5.41) is 3.11. The number of rotatable bonds is 8. The van der Waals surface area contributed by atoms with Crippen molar-refractivity contribution in [2.75, 3.05) is 12.4 Å². The molecule has 0 aliphatic rings. The highest BCUT2D eigenvalue weighted by Gasteiger charge is 2.16. The average molecular weight is 407 g/mol. The van der Waals surface area contributed by atoms with Crippen LogP contribution in [0.2, 0.25) is 0 Å². The van der Waals surface area contributed by atoms with Crippen molar-refractivity contribution in [3.05, 3.63) is 60.7 Å². The summed E-state index contributed by atoms with van der Waals surface area (Å²) in [5.41, 5.74) is 1.90. The number of anilines is 2. The van der Waals surface area contributed by atoms with Crippen LogP contribution in [0, 0.1) is 5.82 Å². The molecule has 1 N–H and O–H groups in total. The van der Waals surface area contributed by atoms with Crippen LogP contribution in [0.5, 0.6) is 17.4 Å². The standard InChI is InChI=1S/C22H22FN5O2/c1-3-4-12-28-14-24-19-20(28)26-22(25-16-10-8-15(23)9-11-16)27-21(19)30-18-7-5-6-17(13-18)29-2/h5-11,13-14H,3-4,12H2,1-2H3,(H,25,26,27). The molecule has 154 valence electrons. The number of methoxy groups -OCH3 is 1. The fourth-order valence-electron chi connectivity index (χ4n) is 2.98. The Balaban J connectivity index is 1.74. The molecule has 2 heterocycles. The van der Waals surface area contributed by atoms with E-state index in [0.29, 0.717) is 40.2 Å². The lowest BCUT2D eigenvalue weighted by Crippen LogP contribution is -2.03. The van der Waals surface area contributed by atoms with Crippen LogP contribution in [0.15, 0.2) is 54.9 Å². The van der Waals surface area contributed by atoms with Gasteiger partial charge in [0.05, 0.1) is 13.4 Å². The van der Waals surface area contributed by atoms with Gasteiger partial charge in [0.2, 0.25) is 5.95 Å². The summed E-state index contributed by atoms with van der Waals surface area (Å²) >= 11 is 0. The van der Waals surface area contributed by atoms with Crippen LogP contribution in [-0.4, -0.2) is 26.6 Å². The molecule has 0 atom stereocenters. The van der Waals surface area contributed by atoms with Gasteiger partial charge in [0.25, 0.3) is 5.88 Å². The molecule has 0 aliphatic heterocycles. The molecule has 0 amide bonds. The maximum atomic E-state index is 13.2. The Labute approximate surface area is 173 Å². The number of aryl methyl sites for hydroxylation is 1. The molecule has 0 aliphatic carbocycles. The van der Waals surface area contributed by atoms with E-state index in [2.05, 4.69) is 27.2 Å². The zero-order chi connectivity index (χ0) is 20.9. The third kappa shape index (κ3) is 4.32. The highest BCUT2D eigenvalue weighted by molar-refractivity contribution is 5.78. The van der Waals surface area contributed by atoms with Gasteiger partial charge in [-0.3, -0.25) is 0 Å². The molecule has 0 unspecified atom stereocenters. The van der Waals surface area contributed by atoms with Crippen molar-refractivity contribution in [1.29, 1.82) is 0 Å². The molecule has 30 heavy (non-hydrogen) atoms. The fraction of sp³-hybridized carbons (Fsp3) is 0.227. The molecule has 7 nitrogen and oxygen atoms in total. The number of hydrogen-bond acceptors (Lipinski definition) is 6. The zero-order valence-electron chi connectivity index (χ0n) is 16.8. The first kappa shape index (κ1) is 19.6. The Kier molecular flexibility index (Phi) is 5.74. The minimum atomic E-state index is -0.309. The second-order valence-electron chi connectivity index (χ2n) is 6.73. The highest BCUT2D eigenvalue weighted by atomic mass is 19.1. The molecule has 0 spiro atoms. The number of ether oxygens (including phenoxy) is 2. The Morgan fingerprint density at radius 2 is 1.87 bits per heavy atom. The number of unbranched alkanes of at least 4 members (excludes halogenated alkanes) is 1. The Morgan fingerprint density at radius 3 is 2.63 bits per heavy atom. The number of halogens is 1. The predicted octanol–water partition coefficient (Wildman–Crippen LogP) is 5.31. The van der Waals surface area contributed by atoms with Crippen molar-refractivity contribution in [1.82, 2.24) is 19.5 Å². The molecular weight excluding hydrogens is 385 g/mol. The van der Waals surface area contributed by atoms with E-state index in [-0.39, 0.29) is 5.82 Å². The first-order valence-electron chi connectivity index (χ1n) is 9.73. The largest absolute Gasteiger partial charge is 0.497 e. The number of nitrogens with one attached hydrogen (secondary N) is 1. The summed E-state index contributed by atoms with van der Waals surface area (Å²) in [6.07, 6.45) is 3.80. The van der Waals surface area contributed by atoms with E-state index in [4.69, 9.17) is 9.47 Å². The van der Waals surface area contributed by atoms with E-state index >= 15 is 0 Å². The Hall–Kier alpha value is -3.68. The molecule has 0 bridgehead atoms. The monoisotopic (exact) mass is 407 g/mol. The van der Waals surface area contributed by atoms with Crippen LogP contribution in [0.3, 0.4) is 0 Å². The third-order valence-electron chi connectivity index (χ3n) is 4.54. The molecule has 0 saturated heterocycles. The van der Waals surface area contributed by atoms with Crippen molar-refractivity contribution in [2.24, 2.45) is 0 Å². The summed E-state index contributed by atoms with van der Waals surface area (Å²) in [6.45, 7) is 2.92. The molecular formula is C22H22FN5O2. The molecule has 0 radical (unpaired) electrons. The SMILES string of the molecule is CCCCn1cnc2c(Oc3cccc(OC)c3)nc(Nc3ccc(F)cc3)nc21. The molecule has 8 heteroatoms. The van der Waals surface area contributed by atoms with Gasteiger partial charge in [-0.15, -0.1) is 0 Å². The summed E-state index contributed by atoms with van der Waals surface area (Å²) < 4.78 is 26.5. The van der Waals surface area contributed by atoms with Gasteiger partial charge in [0, 0.05) is 18.3 Å². The minimum Gasteiger partial charge on any atom is -0.497 e. The van der Waals surface area contributed by atoms with Crippen molar-refractivity contribution >= 4 is 22.8 Å². The van der Waals surface area contributed by atoms with Gasteiger partial charge in [0.15, 0.2) is 11.2 Å². The van der Waals surface area contributed by atoms with E-state index in [0.717, 1.165) is 19.4 Å². The Bertz CT molecular complexity index is 1140. The maximum absolute atomic E-state index is 13.2. The van der Waals surface area contributed by atoms with E-state index in [1.165, 1.54) is 12.1 Å². The number of fused-ring (bicyclic) bond motifs is 1. The lowest BCUT2D eigenvalue weighted by atomic mass is 10.3. The number of nitrogens with zero attached hydrogens (tertiary/aromatic N) is 4. The molecule has 2 aromatic heterocycles. The second kappa shape index (κ2) is 8.77. The highest BCUT2D eigenvalue weighted by Crippen LogP contribution is 2.30. The smallest absolute Gasteiger partial charge is 0.252 e. The van der Waals surface area contributed by atoms with Crippen molar-refractivity contribution in [3.63, 3.8) is 0 Å². The zero-order valence-corrected chi connectivity index (χ0v) is 16.8. The fourth-order valence-corrected chi connectivity index (χ4v) is 2.98. The summed E-state index contributed by atoms with van der Waals surface area (Å²) in [6, 6.07) is 13.3. The van der Waals surface area contributed by atoms with E-state index in [9.17, 15) is 4.39 Å². The summed E-state index contributed by atoms with van der Waals surface area (Å²) in [7, 11) is 1.60. The van der Waals surface area contributed by atoms with Gasteiger partial charge in [-0.05, 0) is 42.8 Å². The van der Waals surface area contributed by atoms with Gasteiger partial charge in [-0.1, -0.05) is 19.4 Å². The third-order valence-corrected chi connectivity index (χ3v) is 4.54. The van der Waals surface area contributed by atoms with Crippen LogP contribution in [0.25, 0.3) is 11.2 Å². The van der Waals surface area contributed by atoms with Gasteiger partial charge in [0.1, 0.15) is 17.3 Å². The molecule has 4 rings (SSSR count). The van der Waals surface area contributed by atoms with Gasteiger partial charge in [-0.25, -0.2) is 9.37 Å². The van der Waals surface area contributed by atoms with Crippen molar-refractivity contribution < 1.29 is 13.9 Å². The normalized spacial score (nSPS) is 10.9. The Morgan fingerprint density at radius 1 is 1.07 bits per heavy atom. The summed E-state index contributed by atoms with van der Waals surface area (Å²) in [5.74, 6) is 1.61. The summed E-state index contributed by atoms with van der Waals surface area (Å²) in [4.78, 5) is 13.6. The molecule has 0 saturated carbocycles. The van der Waals surface area contributed by atoms with E-state index in [1.54, 1.807) is 31.6 Å². The number of imidazole rings is 1. The van der Waals surface area contributed by atoms with Crippen LogP contribution in [-0.2, 0) is 6.54 Å². The first-order valence-corrected chi connectivity index (χ1v) is 9.73. The molecule has 2 aromatic carbocycles. The van der Waals surface area contributed by atoms with Crippen LogP contribution in [0.1, 0.15) is 19.8 Å². The second-order valence-corrected chi connectivity index (χ2v) is 6.73. The topological polar surface area (TPSA) is 74.1 Å². The maximum Gasteiger partial charge on any atom is 0.252 e. The molecule has 0 fully saturated rings. The van der Waals surface area contributed by atoms with Gasteiger partial charge >= 0.3 is 0 Å². The van der Waals surface area contributed by atoms with E-state index in [1.807, 2.05) is 22.8 Å².